The van der Waals surface area contributed by atoms with E-state index in [1.165, 1.54) is 0 Å². The molecule has 6 nitrogen and oxygen atoms in total. The molecular formula is C12H22N2O4. The van der Waals surface area contributed by atoms with Gasteiger partial charge in [0.25, 0.3) is 0 Å². The highest BCUT2D eigenvalue weighted by atomic mass is 16.5. The Hall–Kier alpha value is -1.14. The van der Waals surface area contributed by atoms with Gasteiger partial charge in [-0.1, -0.05) is 6.92 Å². The lowest BCUT2D eigenvalue weighted by Crippen LogP contribution is -2.48. The third kappa shape index (κ3) is 5.01. The van der Waals surface area contributed by atoms with Crippen LogP contribution in [0.25, 0.3) is 0 Å². The van der Waals surface area contributed by atoms with Crippen molar-refractivity contribution in [3.8, 4) is 0 Å². The number of nitrogens with zero attached hydrogens (tertiary/aromatic N) is 2. The van der Waals surface area contributed by atoms with Crippen molar-refractivity contribution < 1.29 is 19.4 Å². The molecule has 1 unspecified atom stereocenters. The number of carboxylic acid groups (broad SMARTS) is 1. The SMILES string of the molecule is CCN(CCC(=O)O)CC(=O)N1CCOC(C)C1. The van der Waals surface area contributed by atoms with Gasteiger partial charge in [0.1, 0.15) is 0 Å². The summed E-state index contributed by atoms with van der Waals surface area (Å²) >= 11 is 0. The molecule has 6 heteroatoms. The first kappa shape index (κ1) is 14.9. The fourth-order valence-corrected chi connectivity index (χ4v) is 1.94. The van der Waals surface area contributed by atoms with Crippen LogP contribution in [-0.2, 0) is 14.3 Å². The van der Waals surface area contributed by atoms with Crippen molar-refractivity contribution >= 4 is 11.9 Å². The van der Waals surface area contributed by atoms with Gasteiger partial charge in [-0.25, -0.2) is 0 Å². The largest absolute Gasteiger partial charge is 0.481 e. The van der Waals surface area contributed by atoms with Gasteiger partial charge >= 0.3 is 5.97 Å². The van der Waals surface area contributed by atoms with Crippen LogP contribution in [0, 0.1) is 0 Å². The maximum Gasteiger partial charge on any atom is 0.304 e. The van der Waals surface area contributed by atoms with Gasteiger partial charge in [0.2, 0.25) is 5.91 Å². The molecule has 1 saturated heterocycles. The summed E-state index contributed by atoms with van der Waals surface area (Å²) in [7, 11) is 0. The maximum absolute atomic E-state index is 12.0. The van der Waals surface area contributed by atoms with Crippen LogP contribution in [0.1, 0.15) is 20.3 Å². The summed E-state index contributed by atoms with van der Waals surface area (Å²) < 4.78 is 5.38. The zero-order valence-electron chi connectivity index (χ0n) is 11.1. The van der Waals surface area contributed by atoms with E-state index in [1.54, 1.807) is 4.90 Å². The first-order valence-corrected chi connectivity index (χ1v) is 6.36. The Morgan fingerprint density at radius 1 is 1.50 bits per heavy atom. The van der Waals surface area contributed by atoms with Crippen molar-refractivity contribution in [3.05, 3.63) is 0 Å². The average molecular weight is 258 g/mol. The summed E-state index contributed by atoms with van der Waals surface area (Å²) in [5.74, 6) is -0.779. The van der Waals surface area contributed by atoms with Crippen molar-refractivity contribution in [2.24, 2.45) is 0 Å². The molecule has 1 amide bonds. The van der Waals surface area contributed by atoms with Gasteiger partial charge in [-0.15, -0.1) is 0 Å². The number of rotatable bonds is 6. The summed E-state index contributed by atoms with van der Waals surface area (Å²) in [6, 6.07) is 0. The van der Waals surface area contributed by atoms with E-state index in [0.717, 1.165) is 0 Å². The summed E-state index contributed by atoms with van der Waals surface area (Å²) in [6.07, 6.45) is 0.150. The molecule has 1 heterocycles. The number of ether oxygens (including phenoxy) is 1. The Morgan fingerprint density at radius 3 is 2.78 bits per heavy atom. The number of hydrogen-bond donors (Lipinski definition) is 1. The number of carboxylic acids is 1. The molecule has 1 atom stereocenters. The molecule has 0 aliphatic carbocycles. The van der Waals surface area contributed by atoms with Crippen molar-refractivity contribution in [3.63, 3.8) is 0 Å². The average Bonchev–Trinajstić information content (AvgIpc) is 2.34. The monoisotopic (exact) mass is 258 g/mol. The van der Waals surface area contributed by atoms with Crippen LogP contribution < -0.4 is 0 Å². The van der Waals surface area contributed by atoms with E-state index in [4.69, 9.17) is 9.84 Å². The van der Waals surface area contributed by atoms with Gasteiger partial charge in [-0.2, -0.15) is 0 Å². The maximum atomic E-state index is 12.0. The Labute approximate surface area is 107 Å². The molecule has 1 fully saturated rings. The van der Waals surface area contributed by atoms with Gasteiger partial charge in [0.15, 0.2) is 0 Å². The number of morpholine rings is 1. The second-order valence-corrected chi connectivity index (χ2v) is 4.53. The molecule has 0 bridgehead atoms. The van der Waals surface area contributed by atoms with E-state index in [-0.39, 0.29) is 25.0 Å². The molecule has 104 valence electrons. The Kier molecular flexibility index (Phi) is 6.07. The van der Waals surface area contributed by atoms with Crippen LogP contribution in [-0.4, -0.2) is 72.2 Å². The minimum Gasteiger partial charge on any atom is -0.481 e. The van der Waals surface area contributed by atoms with E-state index < -0.39 is 5.97 Å². The predicted molar refractivity (Wildman–Crippen MR) is 66.4 cm³/mol. The van der Waals surface area contributed by atoms with Crippen molar-refractivity contribution in [2.75, 3.05) is 39.3 Å². The lowest BCUT2D eigenvalue weighted by Gasteiger charge is -2.32. The molecule has 0 spiro atoms. The molecule has 0 aromatic heterocycles. The lowest BCUT2D eigenvalue weighted by atomic mass is 10.3. The van der Waals surface area contributed by atoms with E-state index in [1.807, 2.05) is 18.7 Å². The third-order valence-electron chi connectivity index (χ3n) is 3.04. The third-order valence-corrected chi connectivity index (χ3v) is 3.04. The van der Waals surface area contributed by atoms with Gasteiger partial charge in [0.05, 0.1) is 25.7 Å². The van der Waals surface area contributed by atoms with E-state index in [9.17, 15) is 9.59 Å². The Morgan fingerprint density at radius 2 is 2.22 bits per heavy atom. The van der Waals surface area contributed by atoms with Crippen LogP contribution in [0.15, 0.2) is 0 Å². The summed E-state index contributed by atoms with van der Waals surface area (Å²) in [5, 5.41) is 8.64. The van der Waals surface area contributed by atoms with Crippen molar-refractivity contribution in [1.82, 2.24) is 9.80 Å². The highest BCUT2D eigenvalue weighted by Gasteiger charge is 2.22. The van der Waals surface area contributed by atoms with Crippen molar-refractivity contribution in [2.45, 2.75) is 26.4 Å². The molecule has 1 N–H and O–H groups in total. The van der Waals surface area contributed by atoms with E-state index in [2.05, 4.69) is 0 Å². The molecule has 0 saturated carbocycles. The molecule has 0 aromatic rings. The minimum absolute atomic E-state index is 0.0531. The fraction of sp³-hybridized carbons (Fsp3) is 0.833. The van der Waals surface area contributed by atoms with Gasteiger partial charge in [-0.05, 0) is 13.5 Å². The summed E-state index contributed by atoms with van der Waals surface area (Å²) in [5.41, 5.74) is 0. The first-order chi connectivity index (χ1) is 8.52. The molecule has 0 aromatic carbocycles. The summed E-state index contributed by atoms with van der Waals surface area (Å²) in [6.45, 7) is 7.08. The second-order valence-electron chi connectivity index (χ2n) is 4.53. The normalized spacial score (nSPS) is 20.2. The molecule has 1 aliphatic rings. The van der Waals surface area contributed by atoms with Crippen LogP contribution in [0.3, 0.4) is 0 Å². The van der Waals surface area contributed by atoms with Gasteiger partial charge in [-0.3, -0.25) is 14.5 Å². The molecule has 18 heavy (non-hydrogen) atoms. The number of carbonyl (C=O) groups is 2. The van der Waals surface area contributed by atoms with Crippen molar-refractivity contribution in [1.29, 1.82) is 0 Å². The number of hydrogen-bond acceptors (Lipinski definition) is 4. The second kappa shape index (κ2) is 7.33. The smallest absolute Gasteiger partial charge is 0.304 e. The zero-order valence-corrected chi connectivity index (χ0v) is 11.1. The van der Waals surface area contributed by atoms with E-state index in [0.29, 0.717) is 32.8 Å². The van der Waals surface area contributed by atoms with Crippen LogP contribution in [0.5, 0.6) is 0 Å². The number of aliphatic carboxylic acids is 1. The van der Waals surface area contributed by atoms with E-state index >= 15 is 0 Å². The number of carbonyl (C=O) groups excluding carboxylic acids is 1. The quantitative estimate of drug-likeness (QED) is 0.728. The first-order valence-electron chi connectivity index (χ1n) is 6.36. The number of likely N-dealkylation sites (N-methyl/N-ethyl adjacent to an activating group) is 1. The number of amides is 1. The highest BCUT2D eigenvalue weighted by molar-refractivity contribution is 5.78. The summed E-state index contributed by atoms with van der Waals surface area (Å²) in [4.78, 5) is 26.2. The Bertz CT molecular complexity index is 296. The Balaban J connectivity index is 2.38. The van der Waals surface area contributed by atoms with Crippen LogP contribution >= 0.6 is 0 Å². The van der Waals surface area contributed by atoms with Crippen LogP contribution in [0.4, 0.5) is 0 Å². The fourth-order valence-electron chi connectivity index (χ4n) is 1.94. The standard InChI is InChI=1S/C12H22N2O4/c1-3-13(5-4-12(16)17)9-11(15)14-6-7-18-10(2)8-14/h10H,3-9H2,1-2H3,(H,16,17). The lowest BCUT2D eigenvalue weighted by molar-refractivity contribution is -0.141. The molecule has 1 aliphatic heterocycles. The topological polar surface area (TPSA) is 70.1 Å². The zero-order chi connectivity index (χ0) is 13.5. The van der Waals surface area contributed by atoms with Gasteiger partial charge < -0.3 is 14.7 Å². The molecular weight excluding hydrogens is 236 g/mol. The highest BCUT2D eigenvalue weighted by Crippen LogP contribution is 2.05. The van der Waals surface area contributed by atoms with Gasteiger partial charge in [0, 0.05) is 19.6 Å². The molecule has 0 radical (unpaired) electrons. The molecule has 1 rings (SSSR count). The van der Waals surface area contributed by atoms with Crippen LogP contribution in [0.2, 0.25) is 0 Å². The predicted octanol–water partition coefficient (Wildman–Crippen LogP) is 0.0303. The minimum atomic E-state index is -0.833.